The average molecular weight is 374 g/mol. The van der Waals surface area contributed by atoms with Gasteiger partial charge in [0.25, 0.3) is 0 Å². The summed E-state index contributed by atoms with van der Waals surface area (Å²) in [5.41, 5.74) is 0. The number of hydrogen-bond acceptors (Lipinski definition) is 8. The Bertz CT molecular complexity index is 409. The van der Waals surface area contributed by atoms with E-state index in [1.165, 1.54) is 0 Å². The van der Waals surface area contributed by atoms with E-state index in [0.29, 0.717) is 39.6 Å². The first-order valence-electron chi connectivity index (χ1n) is 9.80. The maximum atomic E-state index is 9.71. The molecule has 0 aliphatic carbocycles. The van der Waals surface area contributed by atoms with E-state index in [-0.39, 0.29) is 36.6 Å². The van der Waals surface area contributed by atoms with Gasteiger partial charge in [0.05, 0.1) is 26.4 Å². The molecule has 4 saturated heterocycles. The molecule has 0 radical (unpaired) electrons. The Morgan fingerprint density at radius 3 is 1.46 bits per heavy atom. The van der Waals surface area contributed by atoms with Gasteiger partial charge in [-0.1, -0.05) is 12.8 Å². The lowest BCUT2D eigenvalue weighted by Gasteiger charge is -2.17. The molecule has 26 heavy (non-hydrogen) atoms. The zero-order chi connectivity index (χ0) is 17.9. The number of rotatable bonds is 9. The molecule has 4 rings (SSSR count). The highest BCUT2D eigenvalue weighted by molar-refractivity contribution is 4.95. The SMILES string of the molecule is O[C@H]1COC2C1OC[C@H]2OCCCCCCO[C@@H]1COC2C1OC[C@@H]2O. The van der Waals surface area contributed by atoms with E-state index in [0.717, 1.165) is 25.7 Å². The molecular formula is C18H30O8. The van der Waals surface area contributed by atoms with Crippen molar-refractivity contribution in [2.24, 2.45) is 0 Å². The summed E-state index contributed by atoms with van der Waals surface area (Å²) in [6, 6.07) is 0. The molecule has 8 nitrogen and oxygen atoms in total. The summed E-state index contributed by atoms with van der Waals surface area (Å²) < 4.78 is 33.9. The zero-order valence-corrected chi connectivity index (χ0v) is 15.0. The first-order chi connectivity index (χ1) is 12.7. The maximum absolute atomic E-state index is 9.71. The molecular weight excluding hydrogens is 344 g/mol. The molecule has 0 bridgehead atoms. The summed E-state index contributed by atoms with van der Waals surface area (Å²) >= 11 is 0. The molecule has 0 amide bonds. The first-order valence-corrected chi connectivity index (χ1v) is 9.80. The van der Waals surface area contributed by atoms with Gasteiger partial charge in [0.1, 0.15) is 48.8 Å². The fourth-order valence-corrected chi connectivity index (χ4v) is 4.20. The minimum atomic E-state index is -0.521. The monoisotopic (exact) mass is 374 g/mol. The average Bonchev–Trinajstić information content (AvgIpc) is 3.37. The van der Waals surface area contributed by atoms with Gasteiger partial charge in [-0.25, -0.2) is 0 Å². The molecule has 0 spiro atoms. The molecule has 2 N–H and O–H groups in total. The Balaban J connectivity index is 1.01. The summed E-state index contributed by atoms with van der Waals surface area (Å²) in [5, 5.41) is 19.4. The summed E-state index contributed by atoms with van der Waals surface area (Å²) in [5.74, 6) is 0. The molecule has 4 aliphatic heterocycles. The Morgan fingerprint density at radius 2 is 1.00 bits per heavy atom. The molecule has 4 aliphatic rings. The second kappa shape index (κ2) is 8.79. The molecule has 0 aromatic heterocycles. The van der Waals surface area contributed by atoms with Crippen molar-refractivity contribution in [2.75, 3.05) is 39.6 Å². The van der Waals surface area contributed by atoms with Crippen molar-refractivity contribution in [1.82, 2.24) is 0 Å². The molecule has 0 saturated carbocycles. The van der Waals surface area contributed by atoms with Crippen LogP contribution in [0.15, 0.2) is 0 Å². The fraction of sp³-hybridized carbons (Fsp3) is 1.00. The molecule has 0 aromatic rings. The summed E-state index contributed by atoms with van der Waals surface area (Å²) in [4.78, 5) is 0. The lowest BCUT2D eigenvalue weighted by Crippen LogP contribution is -2.33. The number of hydrogen-bond donors (Lipinski definition) is 2. The number of unbranched alkanes of at least 4 members (excludes halogenated alkanes) is 3. The Hall–Kier alpha value is -0.320. The van der Waals surface area contributed by atoms with E-state index in [1.807, 2.05) is 0 Å². The normalized spacial score (nSPS) is 44.5. The van der Waals surface area contributed by atoms with Gasteiger partial charge in [0, 0.05) is 13.2 Å². The van der Waals surface area contributed by atoms with E-state index in [2.05, 4.69) is 0 Å². The standard InChI is InChI=1S/C18H30O8/c19-11-7-23-17-13(9-25-15(11)17)21-5-3-1-2-4-6-22-14-10-26-16-12(20)8-24-18(14)16/h11-20H,1-10H2/t11-,12-,13+,14+,15?,16?,17?,18?/m0/s1. The third kappa shape index (κ3) is 4.07. The van der Waals surface area contributed by atoms with Crippen molar-refractivity contribution in [2.45, 2.75) is 74.5 Å². The Labute approximate surface area is 153 Å². The van der Waals surface area contributed by atoms with Crippen LogP contribution in [0.5, 0.6) is 0 Å². The largest absolute Gasteiger partial charge is 0.388 e. The van der Waals surface area contributed by atoms with Crippen LogP contribution in [0, 0.1) is 0 Å². The number of ether oxygens (including phenoxy) is 6. The lowest BCUT2D eigenvalue weighted by molar-refractivity contribution is -0.0403. The van der Waals surface area contributed by atoms with Crippen molar-refractivity contribution in [1.29, 1.82) is 0 Å². The second-order valence-electron chi connectivity index (χ2n) is 7.56. The van der Waals surface area contributed by atoms with Crippen LogP contribution >= 0.6 is 0 Å². The third-order valence-electron chi connectivity index (χ3n) is 5.67. The van der Waals surface area contributed by atoms with Crippen molar-refractivity contribution < 1.29 is 38.6 Å². The van der Waals surface area contributed by atoms with Gasteiger partial charge in [0.2, 0.25) is 0 Å². The quantitative estimate of drug-likeness (QED) is 0.528. The van der Waals surface area contributed by atoms with Crippen molar-refractivity contribution in [3.05, 3.63) is 0 Å². The van der Waals surface area contributed by atoms with E-state index < -0.39 is 12.2 Å². The van der Waals surface area contributed by atoms with Gasteiger partial charge in [-0.05, 0) is 12.8 Å². The van der Waals surface area contributed by atoms with E-state index in [1.54, 1.807) is 0 Å². The highest BCUT2D eigenvalue weighted by atomic mass is 16.6. The fourth-order valence-electron chi connectivity index (χ4n) is 4.20. The molecule has 0 aromatic carbocycles. The van der Waals surface area contributed by atoms with Gasteiger partial charge in [-0.15, -0.1) is 0 Å². The molecule has 4 heterocycles. The van der Waals surface area contributed by atoms with Gasteiger partial charge < -0.3 is 38.6 Å². The maximum Gasteiger partial charge on any atom is 0.115 e. The minimum Gasteiger partial charge on any atom is -0.388 e. The van der Waals surface area contributed by atoms with Crippen LogP contribution in [-0.2, 0) is 28.4 Å². The predicted molar refractivity (Wildman–Crippen MR) is 88.9 cm³/mol. The Morgan fingerprint density at radius 1 is 0.577 bits per heavy atom. The predicted octanol–water partition coefficient (Wildman–Crippen LogP) is -0.366. The number of aliphatic hydroxyl groups is 2. The second-order valence-corrected chi connectivity index (χ2v) is 7.56. The van der Waals surface area contributed by atoms with Crippen molar-refractivity contribution in [3.63, 3.8) is 0 Å². The molecule has 4 unspecified atom stereocenters. The first kappa shape index (κ1) is 19.0. The number of aliphatic hydroxyl groups excluding tert-OH is 2. The summed E-state index contributed by atoms with van der Waals surface area (Å²) in [6.45, 7) is 3.05. The van der Waals surface area contributed by atoms with Crippen LogP contribution in [-0.4, -0.2) is 98.7 Å². The van der Waals surface area contributed by atoms with E-state index in [9.17, 15) is 10.2 Å². The lowest BCUT2D eigenvalue weighted by atomic mass is 10.1. The van der Waals surface area contributed by atoms with Gasteiger partial charge in [-0.3, -0.25) is 0 Å². The molecule has 150 valence electrons. The smallest absolute Gasteiger partial charge is 0.115 e. The van der Waals surface area contributed by atoms with Gasteiger partial charge in [0.15, 0.2) is 0 Å². The van der Waals surface area contributed by atoms with Crippen LogP contribution in [0.2, 0.25) is 0 Å². The molecule has 8 heteroatoms. The zero-order valence-electron chi connectivity index (χ0n) is 15.0. The van der Waals surface area contributed by atoms with Crippen LogP contribution in [0.25, 0.3) is 0 Å². The van der Waals surface area contributed by atoms with Crippen LogP contribution in [0.3, 0.4) is 0 Å². The molecule has 4 fully saturated rings. The summed E-state index contributed by atoms with van der Waals surface area (Å²) in [7, 11) is 0. The highest BCUT2D eigenvalue weighted by Crippen LogP contribution is 2.30. The van der Waals surface area contributed by atoms with Crippen LogP contribution in [0.1, 0.15) is 25.7 Å². The Kier molecular flexibility index (Phi) is 6.43. The highest BCUT2D eigenvalue weighted by Gasteiger charge is 2.48. The minimum absolute atomic E-state index is 0.0578. The summed E-state index contributed by atoms with van der Waals surface area (Å²) in [6.07, 6.45) is 2.30. The van der Waals surface area contributed by atoms with E-state index >= 15 is 0 Å². The van der Waals surface area contributed by atoms with Crippen LogP contribution < -0.4 is 0 Å². The van der Waals surface area contributed by atoms with Crippen LogP contribution in [0.4, 0.5) is 0 Å². The third-order valence-corrected chi connectivity index (χ3v) is 5.67. The van der Waals surface area contributed by atoms with E-state index in [4.69, 9.17) is 28.4 Å². The topological polar surface area (TPSA) is 95.8 Å². The molecule has 8 atom stereocenters. The number of fused-ring (bicyclic) bond motifs is 2. The van der Waals surface area contributed by atoms with Gasteiger partial charge in [-0.2, -0.15) is 0 Å². The van der Waals surface area contributed by atoms with Gasteiger partial charge >= 0.3 is 0 Å². The van der Waals surface area contributed by atoms with Crippen molar-refractivity contribution >= 4 is 0 Å². The van der Waals surface area contributed by atoms with Crippen molar-refractivity contribution in [3.8, 4) is 0 Å².